The lowest BCUT2D eigenvalue weighted by Gasteiger charge is -2.11. The number of benzene rings is 1. The molecule has 1 unspecified atom stereocenters. The highest BCUT2D eigenvalue weighted by Crippen LogP contribution is 2.25. The quantitative estimate of drug-likeness (QED) is 0.597. The molecule has 0 saturated heterocycles. The van der Waals surface area contributed by atoms with Crippen molar-refractivity contribution in [1.82, 2.24) is 0 Å². The van der Waals surface area contributed by atoms with E-state index in [0.29, 0.717) is 0 Å². The average molecular weight is 216 g/mol. The van der Waals surface area contributed by atoms with Gasteiger partial charge in [0.15, 0.2) is 5.56 Å². The van der Waals surface area contributed by atoms with Gasteiger partial charge in [0.2, 0.25) is 0 Å². The summed E-state index contributed by atoms with van der Waals surface area (Å²) in [5, 5.41) is 8.86. The topological polar surface area (TPSA) is 72.5 Å². The van der Waals surface area contributed by atoms with Gasteiger partial charge < -0.3 is 15.6 Å². The van der Waals surface area contributed by atoms with Crippen molar-refractivity contribution in [3.05, 3.63) is 23.8 Å². The van der Waals surface area contributed by atoms with Crippen LogP contribution < -0.4 is 10.5 Å². The third-order valence-corrected chi connectivity index (χ3v) is 1.65. The van der Waals surface area contributed by atoms with Crippen LogP contribution in [0.15, 0.2) is 18.2 Å². The fourth-order valence-electron chi connectivity index (χ4n) is 1.05. The third kappa shape index (κ3) is 2.29. The van der Waals surface area contributed by atoms with Gasteiger partial charge in [0.05, 0.1) is 0 Å². The van der Waals surface area contributed by atoms with Crippen molar-refractivity contribution >= 4 is 23.3 Å². The smallest absolute Gasteiger partial charge is 0.341 e. The van der Waals surface area contributed by atoms with Crippen molar-refractivity contribution in [2.24, 2.45) is 0 Å². The van der Waals surface area contributed by atoms with Gasteiger partial charge in [-0.15, -0.1) is 0 Å². The van der Waals surface area contributed by atoms with Crippen LogP contribution in [0.25, 0.3) is 0 Å². The molecular formula is C9H10ClNO3. The van der Waals surface area contributed by atoms with Gasteiger partial charge in [0, 0.05) is 5.69 Å². The Morgan fingerprint density at radius 1 is 1.64 bits per heavy atom. The maximum absolute atomic E-state index is 10.8. The first kappa shape index (κ1) is 10.7. The largest absolute Gasteiger partial charge is 0.477 e. The summed E-state index contributed by atoms with van der Waals surface area (Å²) in [6.07, 6.45) is 0. The van der Waals surface area contributed by atoms with Crippen LogP contribution in [0.2, 0.25) is 0 Å². The van der Waals surface area contributed by atoms with Crippen molar-refractivity contribution in [3.8, 4) is 5.75 Å². The van der Waals surface area contributed by atoms with Crippen molar-refractivity contribution < 1.29 is 14.6 Å². The Labute approximate surface area is 86.2 Å². The number of carboxylic acids is 1. The first-order valence-electron chi connectivity index (χ1n) is 3.95. The molecule has 0 saturated carbocycles. The number of rotatable bonds is 3. The number of anilines is 1. The van der Waals surface area contributed by atoms with Gasteiger partial charge in [-0.1, -0.05) is 17.7 Å². The molecule has 0 aliphatic carbocycles. The lowest BCUT2D eigenvalue weighted by molar-refractivity contribution is 0.0693. The summed E-state index contributed by atoms with van der Waals surface area (Å²) in [5.74, 6) is -0.949. The molecule has 0 heterocycles. The first-order chi connectivity index (χ1) is 6.52. The summed E-state index contributed by atoms with van der Waals surface area (Å²) >= 11 is 5.59. The fourth-order valence-corrected chi connectivity index (χ4v) is 1.15. The predicted octanol–water partition coefficient (Wildman–Crippen LogP) is 1.93. The van der Waals surface area contributed by atoms with Gasteiger partial charge in [-0.25, -0.2) is 4.79 Å². The lowest BCUT2D eigenvalue weighted by Crippen LogP contribution is -2.10. The molecule has 14 heavy (non-hydrogen) atoms. The molecule has 1 aromatic carbocycles. The second-order valence-corrected chi connectivity index (χ2v) is 3.30. The highest BCUT2D eigenvalue weighted by atomic mass is 35.5. The van der Waals surface area contributed by atoms with Crippen molar-refractivity contribution in [1.29, 1.82) is 0 Å². The normalized spacial score (nSPS) is 12.1. The Kier molecular flexibility index (Phi) is 3.19. The standard InChI is InChI=1S/C9H10ClNO3/c1-5(10)14-7-4-2-3-6(11)8(7)9(12)13/h2-5H,11H2,1H3,(H,12,13). The minimum absolute atomic E-state index is 0.0556. The monoisotopic (exact) mass is 215 g/mol. The van der Waals surface area contributed by atoms with E-state index in [-0.39, 0.29) is 17.0 Å². The van der Waals surface area contributed by atoms with Crippen LogP contribution in [-0.4, -0.2) is 16.6 Å². The van der Waals surface area contributed by atoms with Crippen LogP contribution in [0.4, 0.5) is 5.69 Å². The molecule has 0 aliphatic rings. The summed E-state index contributed by atoms with van der Waals surface area (Å²) in [7, 11) is 0. The molecule has 0 amide bonds. The van der Waals surface area contributed by atoms with Crippen LogP contribution in [0.3, 0.4) is 0 Å². The van der Waals surface area contributed by atoms with E-state index < -0.39 is 11.5 Å². The molecule has 5 heteroatoms. The molecule has 3 N–H and O–H groups in total. The summed E-state index contributed by atoms with van der Waals surface area (Å²) in [5.41, 5.74) is 5.00. The van der Waals surface area contributed by atoms with Crippen LogP contribution in [-0.2, 0) is 0 Å². The molecule has 0 radical (unpaired) electrons. The number of carboxylic acid groups (broad SMARTS) is 1. The number of nitrogen functional groups attached to an aromatic ring is 1. The fraction of sp³-hybridized carbons (Fsp3) is 0.222. The number of hydrogen-bond donors (Lipinski definition) is 2. The summed E-state index contributed by atoms with van der Waals surface area (Å²) < 4.78 is 5.09. The zero-order valence-corrected chi connectivity index (χ0v) is 8.28. The highest BCUT2D eigenvalue weighted by molar-refractivity contribution is 6.19. The second kappa shape index (κ2) is 4.19. The summed E-state index contributed by atoms with van der Waals surface area (Å²) in [6, 6.07) is 4.62. The van der Waals surface area contributed by atoms with Crippen LogP contribution in [0, 0.1) is 0 Å². The van der Waals surface area contributed by atoms with Gasteiger partial charge in [-0.3, -0.25) is 0 Å². The van der Waals surface area contributed by atoms with Gasteiger partial charge in [0.25, 0.3) is 0 Å². The molecule has 1 atom stereocenters. The second-order valence-electron chi connectivity index (χ2n) is 2.69. The lowest BCUT2D eigenvalue weighted by atomic mass is 10.1. The van der Waals surface area contributed by atoms with Gasteiger partial charge in [-0.2, -0.15) is 0 Å². The Morgan fingerprint density at radius 2 is 2.29 bits per heavy atom. The van der Waals surface area contributed by atoms with Crippen molar-refractivity contribution in [3.63, 3.8) is 0 Å². The zero-order chi connectivity index (χ0) is 10.7. The molecule has 0 spiro atoms. The Bertz CT molecular complexity index is 352. The highest BCUT2D eigenvalue weighted by Gasteiger charge is 2.15. The third-order valence-electron chi connectivity index (χ3n) is 1.56. The zero-order valence-electron chi connectivity index (χ0n) is 7.53. The molecule has 0 bridgehead atoms. The Morgan fingerprint density at radius 3 is 2.79 bits per heavy atom. The van der Waals surface area contributed by atoms with E-state index in [1.54, 1.807) is 13.0 Å². The van der Waals surface area contributed by atoms with E-state index in [1.165, 1.54) is 12.1 Å². The van der Waals surface area contributed by atoms with E-state index in [4.69, 9.17) is 27.2 Å². The maximum atomic E-state index is 10.8. The van der Waals surface area contributed by atoms with Gasteiger partial charge in [-0.05, 0) is 19.1 Å². The van der Waals surface area contributed by atoms with E-state index in [1.807, 2.05) is 0 Å². The van der Waals surface area contributed by atoms with Crippen LogP contribution in [0.1, 0.15) is 17.3 Å². The molecule has 0 aromatic heterocycles. The number of carbonyl (C=O) groups is 1. The van der Waals surface area contributed by atoms with Gasteiger partial charge in [0.1, 0.15) is 11.3 Å². The van der Waals surface area contributed by atoms with Crippen molar-refractivity contribution in [2.45, 2.75) is 12.5 Å². The molecule has 1 rings (SSSR count). The molecule has 0 fully saturated rings. The van der Waals surface area contributed by atoms with Crippen molar-refractivity contribution in [2.75, 3.05) is 5.73 Å². The molecule has 1 aromatic rings. The van der Waals surface area contributed by atoms with E-state index >= 15 is 0 Å². The SMILES string of the molecule is CC(Cl)Oc1cccc(N)c1C(=O)O. The van der Waals surface area contributed by atoms with E-state index in [0.717, 1.165) is 0 Å². The molecule has 76 valence electrons. The minimum atomic E-state index is -1.13. The number of aromatic carboxylic acids is 1. The number of hydrogen-bond acceptors (Lipinski definition) is 3. The predicted molar refractivity (Wildman–Crippen MR) is 53.8 cm³/mol. The number of nitrogens with two attached hydrogens (primary N) is 1. The molecular weight excluding hydrogens is 206 g/mol. The molecule has 0 aliphatic heterocycles. The van der Waals surface area contributed by atoms with Crippen LogP contribution >= 0.6 is 11.6 Å². The Hall–Kier alpha value is -1.42. The summed E-state index contributed by atoms with van der Waals surface area (Å²) in [4.78, 5) is 10.8. The van der Waals surface area contributed by atoms with E-state index in [9.17, 15) is 4.79 Å². The molecule has 4 nitrogen and oxygen atoms in total. The van der Waals surface area contributed by atoms with Crippen LogP contribution in [0.5, 0.6) is 5.75 Å². The number of ether oxygens (including phenoxy) is 1. The number of alkyl halides is 1. The van der Waals surface area contributed by atoms with E-state index in [2.05, 4.69) is 0 Å². The van der Waals surface area contributed by atoms with Gasteiger partial charge >= 0.3 is 5.97 Å². The maximum Gasteiger partial charge on any atom is 0.341 e. The first-order valence-corrected chi connectivity index (χ1v) is 4.38. The summed E-state index contributed by atoms with van der Waals surface area (Å²) in [6.45, 7) is 1.59. The minimum Gasteiger partial charge on any atom is -0.477 e. The Balaban J connectivity index is 3.14. The average Bonchev–Trinajstić information content (AvgIpc) is 2.01. The number of halogens is 1.